The van der Waals surface area contributed by atoms with E-state index in [2.05, 4.69) is 4.79 Å². The van der Waals surface area contributed by atoms with Crippen LogP contribution >= 0.6 is 0 Å². The highest BCUT2D eigenvalue weighted by Gasteiger charge is 2.50. The van der Waals surface area contributed by atoms with Gasteiger partial charge in [0.15, 0.2) is 0 Å². The van der Waals surface area contributed by atoms with Gasteiger partial charge in [-0.25, -0.2) is 0 Å². The standard InChI is InChI=1S/C10H14N2O4/c1-9-5-14-10(15-6-9,16-7-9)3-2-8(13)4-12-11/h4H,2-3,5-7H2,1H3. The van der Waals surface area contributed by atoms with Gasteiger partial charge in [0.2, 0.25) is 5.78 Å². The normalized spacial score (nSPS) is 36.8. The van der Waals surface area contributed by atoms with Gasteiger partial charge in [0.1, 0.15) is 0 Å². The first-order valence-electron chi connectivity index (χ1n) is 5.20. The zero-order valence-electron chi connectivity index (χ0n) is 9.14. The van der Waals surface area contributed by atoms with Crippen molar-refractivity contribution in [2.24, 2.45) is 5.41 Å². The average molecular weight is 226 g/mol. The number of ketones is 1. The van der Waals surface area contributed by atoms with E-state index in [1.165, 1.54) is 0 Å². The third-order valence-corrected chi connectivity index (χ3v) is 2.80. The molecule has 0 amide bonds. The minimum absolute atomic E-state index is 0.0711. The second-order valence-corrected chi connectivity index (χ2v) is 4.57. The van der Waals surface area contributed by atoms with Crippen molar-refractivity contribution in [3.63, 3.8) is 0 Å². The van der Waals surface area contributed by atoms with Gasteiger partial charge in [-0.3, -0.25) is 4.79 Å². The Bertz CT molecular complexity index is 324. The molecule has 0 unspecified atom stereocenters. The van der Waals surface area contributed by atoms with E-state index in [1.807, 2.05) is 6.92 Å². The fourth-order valence-corrected chi connectivity index (χ4v) is 1.72. The Hall–Kier alpha value is -1.07. The second-order valence-electron chi connectivity index (χ2n) is 4.57. The Balaban J connectivity index is 1.90. The highest BCUT2D eigenvalue weighted by molar-refractivity contribution is 6.25. The number of carbonyl (C=O) groups is 1. The lowest BCUT2D eigenvalue weighted by Gasteiger charge is -2.50. The smallest absolute Gasteiger partial charge is 0.323 e. The molecule has 0 aromatic carbocycles. The molecule has 0 radical (unpaired) electrons. The number of rotatable bonds is 4. The quantitative estimate of drug-likeness (QED) is 0.394. The van der Waals surface area contributed by atoms with Gasteiger partial charge in [-0.15, -0.1) is 0 Å². The summed E-state index contributed by atoms with van der Waals surface area (Å²) in [5.41, 5.74) is 8.12. The predicted octanol–water partition coefficient (Wildman–Crippen LogP) is 0.373. The summed E-state index contributed by atoms with van der Waals surface area (Å²) in [4.78, 5) is 13.8. The average Bonchev–Trinajstić information content (AvgIpc) is 2.29. The molecule has 3 heterocycles. The van der Waals surface area contributed by atoms with Gasteiger partial charge in [-0.1, -0.05) is 6.92 Å². The molecule has 0 aromatic rings. The fraction of sp³-hybridized carbons (Fsp3) is 0.800. The predicted molar refractivity (Wildman–Crippen MR) is 52.6 cm³/mol. The molecule has 3 saturated heterocycles. The highest BCUT2D eigenvalue weighted by atomic mass is 16.9. The lowest BCUT2D eigenvalue weighted by atomic mass is 9.91. The van der Waals surface area contributed by atoms with Crippen LogP contribution in [0.1, 0.15) is 19.8 Å². The van der Waals surface area contributed by atoms with Gasteiger partial charge in [0.25, 0.3) is 5.97 Å². The first-order chi connectivity index (χ1) is 7.58. The maximum absolute atomic E-state index is 11.1. The second kappa shape index (κ2) is 4.07. The summed E-state index contributed by atoms with van der Waals surface area (Å²) in [5, 5.41) is 0. The summed E-state index contributed by atoms with van der Waals surface area (Å²) in [6.45, 7) is 3.76. The third kappa shape index (κ3) is 2.20. The van der Waals surface area contributed by atoms with Crippen molar-refractivity contribution in [1.82, 2.24) is 0 Å². The summed E-state index contributed by atoms with van der Waals surface area (Å²) in [7, 11) is 0. The van der Waals surface area contributed by atoms with Crippen molar-refractivity contribution in [2.45, 2.75) is 25.7 Å². The summed E-state index contributed by atoms with van der Waals surface area (Å²) in [6, 6.07) is 0. The molecule has 0 spiro atoms. The molecular weight excluding hydrogens is 212 g/mol. The van der Waals surface area contributed by atoms with E-state index in [1.54, 1.807) is 0 Å². The molecule has 3 rings (SSSR count). The van der Waals surface area contributed by atoms with Gasteiger partial charge in [-0.05, 0) is 0 Å². The maximum Gasteiger partial charge on any atom is 0.323 e. The minimum atomic E-state index is -1.07. The lowest BCUT2D eigenvalue weighted by Crippen LogP contribution is -2.58. The largest absolute Gasteiger partial charge is 0.361 e. The molecule has 3 fully saturated rings. The molecular formula is C10H14N2O4. The van der Waals surface area contributed by atoms with Crippen molar-refractivity contribution in [1.29, 1.82) is 0 Å². The van der Waals surface area contributed by atoms with Crippen LogP contribution in [0.4, 0.5) is 0 Å². The Kier molecular flexibility index (Phi) is 2.90. The van der Waals surface area contributed by atoms with Crippen LogP contribution in [0.2, 0.25) is 0 Å². The minimum Gasteiger partial charge on any atom is -0.361 e. The van der Waals surface area contributed by atoms with Crippen molar-refractivity contribution in [3.8, 4) is 0 Å². The van der Waals surface area contributed by atoms with Crippen LogP contribution in [0, 0.1) is 5.41 Å². The number of ether oxygens (including phenoxy) is 3. The van der Waals surface area contributed by atoms with E-state index in [-0.39, 0.29) is 17.6 Å². The Morgan fingerprint density at radius 2 is 1.94 bits per heavy atom. The van der Waals surface area contributed by atoms with Gasteiger partial charge in [0.05, 0.1) is 19.8 Å². The van der Waals surface area contributed by atoms with Crippen molar-refractivity contribution in [2.75, 3.05) is 19.8 Å². The highest BCUT2D eigenvalue weighted by Crippen LogP contribution is 2.40. The van der Waals surface area contributed by atoms with E-state index in [0.717, 1.165) is 6.21 Å². The van der Waals surface area contributed by atoms with E-state index in [4.69, 9.17) is 19.7 Å². The topological polar surface area (TPSA) is 81.2 Å². The van der Waals surface area contributed by atoms with Crippen LogP contribution < -0.4 is 0 Å². The van der Waals surface area contributed by atoms with Crippen LogP contribution in [0.3, 0.4) is 0 Å². The summed E-state index contributed by atoms with van der Waals surface area (Å²) in [6.07, 6.45) is 1.35. The molecule has 16 heavy (non-hydrogen) atoms. The van der Waals surface area contributed by atoms with Gasteiger partial charge in [-0.2, -0.15) is 4.79 Å². The van der Waals surface area contributed by atoms with Crippen molar-refractivity contribution < 1.29 is 23.8 Å². The molecule has 88 valence electrons. The molecule has 2 bridgehead atoms. The third-order valence-electron chi connectivity index (χ3n) is 2.80. The number of Topliss-reactive ketones (excluding diaryl/α,β-unsaturated/α-hetero) is 1. The zero-order valence-corrected chi connectivity index (χ0v) is 9.14. The van der Waals surface area contributed by atoms with Gasteiger partial charge in [0, 0.05) is 18.3 Å². The molecule has 3 aliphatic rings. The number of hydrogen-bond donors (Lipinski definition) is 0. The number of nitrogens with zero attached hydrogens (tertiary/aromatic N) is 2. The van der Waals surface area contributed by atoms with Crippen LogP contribution in [0.25, 0.3) is 5.53 Å². The molecule has 0 atom stereocenters. The zero-order chi connectivity index (χ0) is 11.6. The Morgan fingerprint density at radius 1 is 1.38 bits per heavy atom. The monoisotopic (exact) mass is 226 g/mol. The van der Waals surface area contributed by atoms with Crippen LogP contribution in [0.15, 0.2) is 0 Å². The van der Waals surface area contributed by atoms with Crippen molar-refractivity contribution in [3.05, 3.63) is 5.53 Å². The van der Waals surface area contributed by atoms with E-state index in [0.29, 0.717) is 26.2 Å². The van der Waals surface area contributed by atoms with Crippen LogP contribution in [-0.4, -0.2) is 42.6 Å². The summed E-state index contributed by atoms with van der Waals surface area (Å²) < 4.78 is 16.5. The first-order valence-corrected chi connectivity index (χ1v) is 5.20. The van der Waals surface area contributed by atoms with E-state index < -0.39 is 5.97 Å². The molecule has 0 N–H and O–H groups in total. The number of fused-ring (bicyclic) bond motifs is 3. The SMILES string of the molecule is CC12COC(CCC(=O)C=[N+]=[N-])(OC1)OC2. The summed E-state index contributed by atoms with van der Waals surface area (Å²) in [5.74, 6) is -1.36. The number of hydrogen-bond acceptors (Lipinski definition) is 4. The molecule has 3 aliphatic heterocycles. The Morgan fingerprint density at radius 3 is 2.44 bits per heavy atom. The van der Waals surface area contributed by atoms with Crippen LogP contribution in [-0.2, 0) is 19.0 Å². The first kappa shape index (κ1) is 11.4. The fourth-order valence-electron chi connectivity index (χ4n) is 1.72. The van der Waals surface area contributed by atoms with Gasteiger partial charge >= 0.3 is 6.21 Å². The Labute approximate surface area is 93.1 Å². The van der Waals surface area contributed by atoms with E-state index in [9.17, 15) is 4.79 Å². The van der Waals surface area contributed by atoms with Crippen LogP contribution in [0.5, 0.6) is 0 Å². The van der Waals surface area contributed by atoms with Gasteiger partial charge < -0.3 is 19.7 Å². The molecule has 6 nitrogen and oxygen atoms in total. The molecule has 0 aliphatic carbocycles. The molecule has 0 aromatic heterocycles. The lowest BCUT2D eigenvalue weighted by molar-refractivity contribution is -0.467. The number of carbonyl (C=O) groups excluding carboxylic acids is 1. The maximum atomic E-state index is 11.1. The van der Waals surface area contributed by atoms with Crippen molar-refractivity contribution >= 4 is 12.0 Å². The molecule has 0 saturated carbocycles. The molecule has 6 heteroatoms. The van der Waals surface area contributed by atoms with E-state index >= 15 is 0 Å². The summed E-state index contributed by atoms with van der Waals surface area (Å²) >= 11 is 0.